The van der Waals surface area contributed by atoms with E-state index in [1.807, 2.05) is 12.1 Å². The van der Waals surface area contributed by atoms with Crippen LogP contribution in [0.5, 0.6) is 0 Å². The minimum atomic E-state index is -0.738. The molecule has 3 amide bonds. The van der Waals surface area contributed by atoms with Crippen molar-refractivity contribution in [3.63, 3.8) is 0 Å². The number of carbonyl (C=O) groups excluding carboxylic acids is 3. The fourth-order valence-electron chi connectivity index (χ4n) is 3.24. The van der Waals surface area contributed by atoms with Crippen molar-refractivity contribution in [2.24, 2.45) is 0 Å². The largest absolute Gasteiger partial charge is 0.324 e. The maximum absolute atomic E-state index is 12.4. The first-order chi connectivity index (χ1) is 11.6. The molecule has 1 atom stereocenters. The standard InChI is InChI=1S/C18H13ClN2O3/c19-15-14-10(4-3-7-13(14)20-16(15)22)8-9-21-17(23)11-5-1-2-6-12(11)18(21)24/h1-7,15H,8-9H2,(H,20,22). The third kappa shape index (κ3) is 2.12. The molecule has 6 heteroatoms. The summed E-state index contributed by atoms with van der Waals surface area (Å²) in [6.07, 6.45) is 0.451. The van der Waals surface area contributed by atoms with Crippen LogP contribution in [0.25, 0.3) is 0 Å². The summed E-state index contributed by atoms with van der Waals surface area (Å²) in [5, 5.41) is 1.99. The number of carbonyl (C=O) groups is 3. The van der Waals surface area contributed by atoms with Gasteiger partial charge >= 0.3 is 0 Å². The molecular formula is C18H13ClN2O3. The molecule has 0 bridgehead atoms. The van der Waals surface area contributed by atoms with Crippen LogP contribution >= 0.6 is 11.6 Å². The van der Waals surface area contributed by atoms with Crippen LogP contribution < -0.4 is 5.32 Å². The summed E-state index contributed by atoms with van der Waals surface area (Å²) in [6, 6.07) is 12.3. The van der Waals surface area contributed by atoms with Gasteiger partial charge in [0.15, 0.2) is 0 Å². The zero-order valence-corrected chi connectivity index (χ0v) is 13.3. The van der Waals surface area contributed by atoms with Crippen molar-refractivity contribution in [2.45, 2.75) is 11.8 Å². The molecule has 0 radical (unpaired) electrons. The van der Waals surface area contributed by atoms with E-state index in [1.165, 1.54) is 4.90 Å². The predicted octanol–water partition coefficient (Wildman–Crippen LogP) is 2.76. The summed E-state index contributed by atoms with van der Waals surface area (Å²) in [4.78, 5) is 37.8. The Morgan fingerprint density at radius 1 is 0.958 bits per heavy atom. The van der Waals surface area contributed by atoms with E-state index in [4.69, 9.17) is 11.6 Å². The Hall–Kier alpha value is -2.66. The van der Waals surface area contributed by atoms with Crippen LogP contribution in [0.4, 0.5) is 5.69 Å². The Balaban J connectivity index is 1.58. The summed E-state index contributed by atoms with van der Waals surface area (Å²) in [5.41, 5.74) is 3.17. The number of anilines is 1. The van der Waals surface area contributed by atoms with Gasteiger partial charge in [-0.25, -0.2) is 0 Å². The van der Waals surface area contributed by atoms with E-state index in [9.17, 15) is 14.4 Å². The Labute approximate surface area is 143 Å². The van der Waals surface area contributed by atoms with Gasteiger partial charge in [-0.3, -0.25) is 19.3 Å². The fourth-order valence-corrected chi connectivity index (χ4v) is 3.55. The molecule has 0 saturated carbocycles. The normalized spacial score (nSPS) is 18.6. The van der Waals surface area contributed by atoms with Gasteiger partial charge in [0.05, 0.1) is 11.1 Å². The molecule has 1 N–H and O–H groups in total. The van der Waals surface area contributed by atoms with Crippen molar-refractivity contribution in [3.8, 4) is 0 Å². The average Bonchev–Trinajstić information content (AvgIpc) is 3.02. The summed E-state index contributed by atoms with van der Waals surface area (Å²) in [5.74, 6) is -0.806. The quantitative estimate of drug-likeness (QED) is 0.690. The molecule has 5 nitrogen and oxygen atoms in total. The third-order valence-electron chi connectivity index (χ3n) is 4.42. The molecule has 2 aliphatic rings. The van der Waals surface area contributed by atoms with Crippen molar-refractivity contribution in [2.75, 3.05) is 11.9 Å². The first-order valence-electron chi connectivity index (χ1n) is 7.60. The van der Waals surface area contributed by atoms with Gasteiger partial charge in [-0.2, -0.15) is 0 Å². The number of amides is 3. The zero-order chi connectivity index (χ0) is 16.8. The number of fused-ring (bicyclic) bond motifs is 2. The molecule has 0 spiro atoms. The van der Waals surface area contributed by atoms with E-state index in [-0.39, 0.29) is 24.3 Å². The molecule has 0 aromatic heterocycles. The highest BCUT2D eigenvalue weighted by molar-refractivity contribution is 6.35. The number of nitrogens with one attached hydrogen (secondary N) is 1. The van der Waals surface area contributed by atoms with Crippen LogP contribution in [-0.4, -0.2) is 29.2 Å². The third-order valence-corrected chi connectivity index (χ3v) is 4.84. The van der Waals surface area contributed by atoms with E-state index in [0.29, 0.717) is 23.2 Å². The number of alkyl halides is 1. The van der Waals surface area contributed by atoms with Crippen molar-refractivity contribution < 1.29 is 14.4 Å². The maximum Gasteiger partial charge on any atom is 0.261 e. The summed E-state index contributed by atoms with van der Waals surface area (Å²) in [7, 11) is 0. The smallest absolute Gasteiger partial charge is 0.261 e. The van der Waals surface area contributed by atoms with Crippen LogP contribution in [0.3, 0.4) is 0 Å². The number of halogens is 1. The molecule has 4 rings (SSSR count). The van der Waals surface area contributed by atoms with E-state index in [1.54, 1.807) is 30.3 Å². The summed E-state index contributed by atoms with van der Waals surface area (Å²) >= 11 is 6.16. The molecule has 1 unspecified atom stereocenters. The molecule has 2 heterocycles. The van der Waals surface area contributed by atoms with Crippen LogP contribution in [0, 0.1) is 0 Å². The Morgan fingerprint density at radius 3 is 2.29 bits per heavy atom. The maximum atomic E-state index is 12.4. The Kier molecular flexibility index (Phi) is 3.39. The molecule has 0 saturated heterocycles. The van der Waals surface area contributed by atoms with Crippen molar-refractivity contribution in [3.05, 3.63) is 64.7 Å². The molecular weight excluding hydrogens is 328 g/mol. The Bertz CT molecular complexity index is 859. The SMILES string of the molecule is O=C1Nc2cccc(CCN3C(=O)c4ccccc4C3=O)c2C1Cl. The van der Waals surface area contributed by atoms with E-state index >= 15 is 0 Å². The first kappa shape index (κ1) is 14.9. The molecule has 2 aromatic rings. The van der Waals surface area contributed by atoms with Gasteiger partial charge in [0.2, 0.25) is 5.91 Å². The number of nitrogens with zero attached hydrogens (tertiary/aromatic N) is 1. The molecule has 0 aliphatic carbocycles. The van der Waals surface area contributed by atoms with Crippen LogP contribution in [0.1, 0.15) is 37.2 Å². The number of imide groups is 1. The highest BCUT2D eigenvalue weighted by atomic mass is 35.5. The predicted molar refractivity (Wildman–Crippen MR) is 89.2 cm³/mol. The minimum absolute atomic E-state index is 0.250. The lowest BCUT2D eigenvalue weighted by molar-refractivity contribution is -0.115. The van der Waals surface area contributed by atoms with Gasteiger partial charge < -0.3 is 5.32 Å². The average molecular weight is 341 g/mol. The Morgan fingerprint density at radius 2 is 1.62 bits per heavy atom. The van der Waals surface area contributed by atoms with Gasteiger partial charge in [0.25, 0.3) is 11.8 Å². The molecule has 0 fully saturated rings. The lowest BCUT2D eigenvalue weighted by Gasteiger charge is -2.15. The molecule has 2 aliphatic heterocycles. The van der Waals surface area contributed by atoms with Crippen molar-refractivity contribution >= 4 is 35.0 Å². The van der Waals surface area contributed by atoms with Gasteiger partial charge in [-0.1, -0.05) is 24.3 Å². The lowest BCUT2D eigenvalue weighted by atomic mass is 10.0. The van der Waals surface area contributed by atoms with E-state index < -0.39 is 5.38 Å². The minimum Gasteiger partial charge on any atom is -0.324 e. The zero-order valence-electron chi connectivity index (χ0n) is 12.6. The highest BCUT2D eigenvalue weighted by Crippen LogP contribution is 2.38. The van der Waals surface area contributed by atoms with Gasteiger partial charge in [-0.15, -0.1) is 11.6 Å². The van der Waals surface area contributed by atoms with E-state index in [0.717, 1.165) is 11.1 Å². The van der Waals surface area contributed by atoms with Crippen LogP contribution in [0.15, 0.2) is 42.5 Å². The van der Waals surface area contributed by atoms with Gasteiger partial charge in [0, 0.05) is 17.8 Å². The topological polar surface area (TPSA) is 66.5 Å². The molecule has 120 valence electrons. The number of rotatable bonds is 3. The second-order valence-corrected chi connectivity index (χ2v) is 6.22. The van der Waals surface area contributed by atoms with Crippen LogP contribution in [-0.2, 0) is 11.2 Å². The van der Waals surface area contributed by atoms with E-state index in [2.05, 4.69) is 5.32 Å². The van der Waals surface area contributed by atoms with Crippen LogP contribution in [0.2, 0.25) is 0 Å². The highest BCUT2D eigenvalue weighted by Gasteiger charge is 2.35. The van der Waals surface area contributed by atoms with Gasteiger partial charge in [-0.05, 0) is 30.2 Å². The molecule has 2 aromatic carbocycles. The summed E-state index contributed by atoms with van der Waals surface area (Å²) in [6.45, 7) is 0.251. The van der Waals surface area contributed by atoms with Crippen molar-refractivity contribution in [1.82, 2.24) is 4.90 Å². The van der Waals surface area contributed by atoms with Crippen molar-refractivity contribution in [1.29, 1.82) is 0 Å². The summed E-state index contributed by atoms with van der Waals surface area (Å²) < 4.78 is 0. The monoisotopic (exact) mass is 340 g/mol. The second-order valence-electron chi connectivity index (χ2n) is 5.79. The first-order valence-corrected chi connectivity index (χ1v) is 8.03. The number of hydrogen-bond donors (Lipinski definition) is 1. The number of hydrogen-bond acceptors (Lipinski definition) is 3. The fraction of sp³-hybridized carbons (Fsp3) is 0.167. The molecule has 24 heavy (non-hydrogen) atoms. The van der Waals surface area contributed by atoms with Gasteiger partial charge in [0.1, 0.15) is 5.38 Å². The second kappa shape index (κ2) is 5.46. The number of benzene rings is 2. The lowest BCUT2D eigenvalue weighted by Crippen LogP contribution is -2.31.